The van der Waals surface area contributed by atoms with E-state index in [1.807, 2.05) is 0 Å². The molecular formula is C20H28N2O11S. The van der Waals surface area contributed by atoms with Gasteiger partial charge in [0.1, 0.15) is 53.3 Å². The Kier molecular flexibility index (Phi) is 9.06. The van der Waals surface area contributed by atoms with Crippen LogP contribution in [0.15, 0.2) is 17.3 Å². The van der Waals surface area contributed by atoms with Gasteiger partial charge >= 0.3 is 5.97 Å². The quantitative estimate of drug-likeness (QED) is 0.187. The minimum Gasteiger partial charge on any atom is -0.505 e. The van der Waals surface area contributed by atoms with Gasteiger partial charge in [-0.15, -0.1) is 11.8 Å². The number of aliphatic hydroxyl groups excluding tert-OH is 4. The molecule has 0 radical (unpaired) electrons. The van der Waals surface area contributed by atoms with Gasteiger partial charge in [-0.25, -0.2) is 9.78 Å². The number of aliphatic imine (C=N–C) groups is 1. The van der Waals surface area contributed by atoms with E-state index in [1.54, 1.807) is 0 Å². The summed E-state index contributed by atoms with van der Waals surface area (Å²) in [6, 6.07) is 1.35. The number of pyridine rings is 1. The van der Waals surface area contributed by atoms with Gasteiger partial charge in [0.15, 0.2) is 11.8 Å². The number of aliphatic hydroxyl groups is 4. The molecule has 3 unspecified atom stereocenters. The lowest BCUT2D eigenvalue weighted by atomic mass is 9.99. The zero-order chi connectivity index (χ0) is 24.9. The minimum absolute atomic E-state index is 0.00870. The molecule has 14 heteroatoms. The number of nitrogens with zero attached hydrogens (tertiary/aromatic N) is 2. The molecule has 0 amide bonds. The molecule has 1 aromatic heterocycles. The second-order valence-electron chi connectivity index (χ2n) is 7.85. The molecule has 1 fully saturated rings. The Balaban J connectivity index is 1.37. The number of carboxylic acid groups (broad SMARTS) is 1. The van der Waals surface area contributed by atoms with Crippen molar-refractivity contribution in [2.75, 3.05) is 38.8 Å². The summed E-state index contributed by atoms with van der Waals surface area (Å²) in [7, 11) is 0. The SMILES string of the molecule is C[C@]1(C(=O)O)CSC(c2ncc(OCCOCCO[C@H]3OC(CO)[C@@H](O)C(O)C3O)cc2O)=N1. The van der Waals surface area contributed by atoms with Crippen LogP contribution in [-0.2, 0) is 19.0 Å². The molecular weight excluding hydrogens is 476 g/mol. The fourth-order valence-electron chi connectivity index (χ4n) is 3.16. The smallest absolute Gasteiger partial charge is 0.332 e. The topological polar surface area (TPSA) is 201 Å². The molecule has 2 aliphatic heterocycles. The Labute approximate surface area is 199 Å². The summed E-state index contributed by atoms with van der Waals surface area (Å²) in [5.41, 5.74) is -1.07. The fraction of sp³-hybridized carbons (Fsp3) is 0.650. The molecule has 3 heterocycles. The van der Waals surface area contributed by atoms with Gasteiger partial charge < -0.3 is 49.6 Å². The highest BCUT2D eigenvalue weighted by Gasteiger charge is 2.44. The Morgan fingerprint density at radius 1 is 1.21 bits per heavy atom. The summed E-state index contributed by atoms with van der Waals surface area (Å²) in [6.45, 7) is 1.37. The zero-order valence-electron chi connectivity index (χ0n) is 18.3. The van der Waals surface area contributed by atoms with E-state index in [9.17, 15) is 30.3 Å². The molecule has 190 valence electrons. The number of aromatic nitrogens is 1. The maximum atomic E-state index is 11.3. The van der Waals surface area contributed by atoms with Gasteiger partial charge in [0, 0.05) is 11.8 Å². The van der Waals surface area contributed by atoms with Crippen LogP contribution in [0.3, 0.4) is 0 Å². The minimum atomic E-state index is -1.51. The number of carboxylic acids is 1. The van der Waals surface area contributed by atoms with Crippen molar-refractivity contribution in [3.05, 3.63) is 18.0 Å². The maximum absolute atomic E-state index is 11.3. The Hall–Kier alpha value is -2.04. The summed E-state index contributed by atoms with van der Waals surface area (Å²) in [5.74, 6) is -0.707. The first kappa shape index (κ1) is 26.6. The average molecular weight is 505 g/mol. The van der Waals surface area contributed by atoms with Gasteiger partial charge in [-0.3, -0.25) is 4.99 Å². The summed E-state index contributed by atoms with van der Waals surface area (Å²) < 4.78 is 21.3. The lowest BCUT2D eigenvalue weighted by Gasteiger charge is -2.39. The first-order chi connectivity index (χ1) is 16.2. The molecule has 1 saturated heterocycles. The maximum Gasteiger partial charge on any atom is 0.332 e. The first-order valence-electron chi connectivity index (χ1n) is 10.4. The van der Waals surface area contributed by atoms with Crippen LogP contribution in [-0.4, -0.2) is 122 Å². The number of hydrogen-bond donors (Lipinski definition) is 6. The Morgan fingerprint density at radius 3 is 2.59 bits per heavy atom. The predicted molar refractivity (Wildman–Crippen MR) is 117 cm³/mol. The Bertz CT molecular complexity index is 886. The molecule has 6 N–H and O–H groups in total. The van der Waals surface area contributed by atoms with Crippen LogP contribution < -0.4 is 4.74 Å². The normalized spacial score (nSPS) is 31.3. The van der Waals surface area contributed by atoms with E-state index < -0.39 is 48.8 Å². The summed E-state index contributed by atoms with van der Waals surface area (Å²) in [6.07, 6.45) is -5.32. The third-order valence-corrected chi connectivity index (χ3v) is 6.46. The summed E-state index contributed by atoms with van der Waals surface area (Å²) >= 11 is 1.20. The molecule has 1 aromatic rings. The third-order valence-electron chi connectivity index (χ3n) is 5.20. The van der Waals surface area contributed by atoms with Crippen molar-refractivity contribution in [2.45, 2.75) is 43.2 Å². The van der Waals surface area contributed by atoms with E-state index in [1.165, 1.54) is 30.9 Å². The molecule has 0 spiro atoms. The highest BCUT2D eigenvalue weighted by atomic mass is 32.2. The number of thioether (sulfide) groups is 1. The van der Waals surface area contributed by atoms with E-state index in [0.29, 0.717) is 5.04 Å². The van der Waals surface area contributed by atoms with Crippen molar-refractivity contribution in [1.82, 2.24) is 4.98 Å². The van der Waals surface area contributed by atoms with Gasteiger partial charge in [0.2, 0.25) is 0 Å². The van der Waals surface area contributed by atoms with Crippen LogP contribution in [0.4, 0.5) is 0 Å². The van der Waals surface area contributed by atoms with Crippen molar-refractivity contribution in [3.8, 4) is 11.5 Å². The van der Waals surface area contributed by atoms with Crippen molar-refractivity contribution >= 4 is 22.8 Å². The lowest BCUT2D eigenvalue weighted by molar-refractivity contribution is -0.302. The van der Waals surface area contributed by atoms with E-state index in [0.717, 1.165) is 0 Å². The van der Waals surface area contributed by atoms with Gasteiger partial charge in [-0.1, -0.05) is 0 Å². The van der Waals surface area contributed by atoms with Crippen molar-refractivity contribution in [1.29, 1.82) is 0 Å². The largest absolute Gasteiger partial charge is 0.505 e. The highest BCUT2D eigenvalue weighted by Crippen LogP contribution is 2.34. The van der Waals surface area contributed by atoms with Crippen molar-refractivity contribution < 1.29 is 54.4 Å². The molecule has 3 rings (SSSR count). The Morgan fingerprint density at radius 2 is 1.94 bits per heavy atom. The zero-order valence-corrected chi connectivity index (χ0v) is 19.1. The molecule has 0 saturated carbocycles. The fourth-order valence-corrected chi connectivity index (χ4v) is 4.32. The van der Waals surface area contributed by atoms with Crippen molar-refractivity contribution in [2.24, 2.45) is 4.99 Å². The molecule has 13 nitrogen and oxygen atoms in total. The van der Waals surface area contributed by atoms with Gasteiger partial charge in [0.25, 0.3) is 0 Å². The van der Waals surface area contributed by atoms with Gasteiger partial charge in [0.05, 0.1) is 32.6 Å². The number of aromatic hydroxyl groups is 1. The molecule has 0 aliphatic carbocycles. The van der Waals surface area contributed by atoms with Crippen LogP contribution in [0.1, 0.15) is 12.6 Å². The summed E-state index contributed by atoms with van der Waals surface area (Å²) in [4.78, 5) is 19.6. The third kappa shape index (κ3) is 6.14. The van der Waals surface area contributed by atoms with Crippen LogP contribution in [0.2, 0.25) is 0 Å². The van der Waals surface area contributed by atoms with Crippen molar-refractivity contribution in [3.63, 3.8) is 0 Å². The number of aliphatic carboxylic acids is 1. The van der Waals surface area contributed by atoms with E-state index in [-0.39, 0.29) is 49.4 Å². The van der Waals surface area contributed by atoms with Crippen LogP contribution in [0.5, 0.6) is 11.5 Å². The number of ether oxygens (including phenoxy) is 4. The second-order valence-corrected chi connectivity index (χ2v) is 8.82. The van der Waals surface area contributed by atoms with E-state index in [2.05, 4.69) is 9.98 Å². The highest BCUT2D eigenvalue weighted by molar-refractivity contribution is 8.14. The van der Waals surface area contributed by atoms with E-state index in [4.69, 9.17) is 24.1 Å². The molecule has 0 aromatic carbocycles. The van der Waals surface area contributed by atoms with Crippen LogP contribution in [0.25, 0.3) is 0 Å². The number of carbonyl (C=O) groups is 1. The van der Waals surface area contributed by atoms with Gasteiger partial charge in [-0.05, 0) is 6.92 Å². The standard InChI is InChI=1S/C20H28N2O11S/c1-20(19(28)29)9-34-17(22-20)13-11(24)6-10(7-21-13)31-4-2-30-3-5-32-18-16(27)15(26)14(25)12(8-23)33-18/h6-7,12,14-16,18,23-27H,2-5,8-9H2,1H3,(H,28,29)/t12?,14-,15?,16?,18+,20-/m1/s1. The van der Waals surface area contributed by atoms with Crippen LogP contribution >= 0.6 is 11.8 Å². The second kappa shape index (κ2) is 11.6. The molecule has 2 aliphatic rings. The molecule has 0 bridgehead atoms. The summed E-state index contributed by atoms with van der Waals surface area (Å²) in [5, 5.41) is 58.3. The van der Waals surface area contributed by atoms with Gasteiger partial charge in [-0.2, -0.15) is 0 Å². The average Bonchev–Trinajstić information content (AvgIpc) is 3.21. The number of rotatable bonds is 11. The molecule has 6 atom stereocenters. The van der Waals surface area contributed by atoms with E-state index >= 15 is 0 Å². The number of hydrogen-bond acceptors (Lipinski definition) is 13. The molecule has 34 heavy (non-hydrogen) atoms. The lowest BCUT2D eigenvalue weighted by Crippen LogP contribution is -2.59. The van der Waals surface area contributed by atoms with Crippen LogP contribution in [0, 0.1) is 0 Å². The first-order valence-corrected chi connectivity index (χ1v) is 11.4. The monoisotopic (exact) mass is 504 g/mol. The predicted octanol–water partition coefficient (Wildman–Crippen LogP) is -1.66.